The molecule has 3 nitrogen and oxygen atoms in total. The summed E-state index contributed by atoms with van der Waals surface area (Å²) in [5, 5.41) is 8.86. The lowest BCUT2D eigenvalue weighted by molar-refractivity contribution is 0.230. The standard InChI is InChI=1S/C15H23NO2/c1-18-14-7-4-6-13(12-14)15-8-5-10-16(15)9-2-3-11-17/h4,6-7,12,15,17H,2-3,5,8-11H2,1H3. The van der Waals surface area contributed by atoms with Gasteiger partial charge >= 0.3 is 0 Å². The number of hydrogen-bond acceptors (Lipinski definition) is 3. The van der Waals surface area contributed by atoms with Crippen molar-refractivity contribution in [3.8, 4) is 5.75 Å². The minimum atomic E-state index is 0.303. The molecule has 1 aromatic rings. The molecule has 1 aliphatic heterocycles. The Bertz CT molecular complexity index is 367. The van der Waals surface area contributed by atoms with Crippen LogP contribution in [0.4, 0.5) is 0 Å². The van der Waals surface area contributed by atoms with Crippen LogP contribution in [0.3, 0.4) is 0 Å². The van der Waals surface area contributed by atoms with E-state index < -0.39 is 0 Å². The Labute approximate surface area is 109 Å². The van der Waals surface area contributed by atoms with Crippen molar-refractivity contribution in [2.75, 3.05) is 26.8 Å². The molecule has 100 valence electrons. The Hall–Kier alpha value is -1.06. The molecule has 1 unspecified atom stereocenters. The number of aliphatic hydroxyl groups excluding tert-OH is 1. The maximum absolute atomic E-state index is 8.86. The summed E-state index contributed by atoms with van der Waals surface area (Å²) >= 11 is 0. The summed E-state index contributed by atoms with van der Waals surface area (Å²) in [6, 6.07) is 8.93. The van der Waals surface area contributed by atoms with Crippen molar-refractivity contribution in [3.05, 3.63) is 29.8 Å². The first-order chi connectivity index (χ1) is 8.85. The van der Waals surface area contributed by atoms with Gasteiger partial charge in [-0.3, -0.25) is 4.90 Å². The van der Waals surface area contributed by atoms with Gasteiger partial charge < -0.3 is 9.84 Å². The van der Waals surface area contributed by atoms with Crippen LogP contribution < -0.4 is 4.74 Å². The lowest BCUT2D eigenvalue weighted by Crippen LogP contribution is -2.24. The van der Waals surface area contributed by atoms with Crippen molar-refractivity contribution in [1.29, 1.82) is 0 Å². The maximum Gasteiger partial charge on any atom is 0.119 e. The van der Waals surface area contributed by atoms with E-state index in [4.69, 9.17) is 9.84 Å². The van der Waals surface area contributed by atoms with Crippen LogP contribution in [-0.2, 0) is 0 Å². The first kappa shape index (κ1) is 13.4. The zero-order valence-corrected chi connectivity index (χ0v) is 11.1. The van der Waals surface area contributed by atoms with Gasteiger partial charge in [-0.1, -0.05) is 12.1 Å². The van der Waals surface area contributed by atoms with Gasteiger partial charge in [-0.15, -0.1) is 0 Å². The molecule has 0 bridgehead atoms. The number of benzene rings is 1. The molecule has 3 heteroatoms. The Morgan fingerprint density at radius 1 is 1.39 bits per heavy atom. The molecule has 1 N–H and O–H groups in total. The zero-order chi connectivity index (χ0) is 12.8. The first-order valence-corrected chi connectivity index (χ1v) is 6.84. The maximum atomic E-state index is 8.86. The van der Waals surface area contributed by atoms with E-state index in [9.17, 15) is 0 Å². The van der Waals surface area contributed by atoms with E-state index in [1.165, 1.54) is 24.9 Å². The highest BCUT2D eigenvalue weighted by molar-refractivity contribution is 5.31. The number of hydrogen-bond donors (Lipinski definition) is 1. The van der Waals surface area contributed by atoms with E-state index in [1.807, 2.05) is 6.07 Å². The van der Waals surface area contributed by atoms with Gasteiger partial charge in [0.2, 0.25) is 0 Å². The van der Waals surface area contributed by atoms with Crippen molar-refractivity contribution in [2.45, 2.75) is 31.7 Å². The Balaban J connectivity index is 2.01. The predicted molar refractivity (Wildman–Crippen MR) is 72.9 cm³/mol. The number of ether oxygens (including phenoxy) is 1. The van der Waals surface area contributed by atoms with Gasteiger partial charge in [-0.2, -0.15) is 0 Å². The van der Waals surface area contributed by atoms with E-state index in [2.05, 4.69) is 23.1 Å². The van der Waals surface area contributed by atoms with Gasteiger partial charge in [0.1, 0.15) is 5.75 Å². The van der Waals surface area contributed by atoms with Gasteiger partial charge in [0, 0.05) is 12.6 Å². The number of nitrogens with zero attached hydrogens (tertiary/aromatic N) is 1. The van der Waals surface area contributed by atoms with Crippen molar-refractivity contribution in [3.63, 3.8) is 0 Å². The molecule has 0 amide bonds. The van der Waals surface area contributed by atoms with Gasteiger partial charge in [-0.25, -0.2) is 0 Å². The number of methoxy groups -OCH3 is 1. The fourth-order valence-electron chi connectivity index (χ4n) is 2.75. The van der Waals surface area contributed by atoms with Crippen LogP contribution in [0, 0.1) is 0 Å². The minimum Gasteiger partial charge on any atom is -0.497 e. The molecular weight excluding hydrogens is 226 g/mol. The van der Waals surface area contributed by atoms with Gasteiger partial charge in [0.15, 0.2) is 0 Å². The molecule has 1 atom stereocenters. The molecule has 2 rings (SSSR count). The summed E-state index contributed by atoms with van der Waals surface area (Å²) in [5.41, 5.74) is 1.36. The molecule has 0 aromatic heterocycles. The molecule has 0 spiro atoms. The normalized spacial score (nSPS) is 20.2. The second kappa shape index (κ2) is 6.76. The highest BCUT2D eigenvalue weighted by Crippen LogP contribution is 2.33. The third-order valence-electron chi connectivity index (χ3n) is 3.70. The summed E-state index contributed by atoms with van der Waals surface area (Å²) in [6.07, 6.45) is 4.48. The third-order valence-corrected chi connectivity index (χ3v) is 3.70. The fraction of sp³-hybridized carbons (Fsp3) is 0.600. The number of aliphatic hydroxyl groups is 1. The van der Waals surface area contributed by atoms with Crippen molar-refractivity contribution < 1.29 is 9.84 Å². The predicted octanol–water partition coefficient (Wildman–Crippen LogP) is 2.60. The average molecular weight is 249 g/mol. The summed E-state index contributed by atoms with van der Waals surface area (Å²) < 4.78 is 5.30. The molecule has 0 radical (unpaired) electrons. The fourth-order valence-corrected chi connectivity index (χ4v) is 2.75. The largest absolute Gasteiger partial charge is 0.497 e. The minimum absolute atomic E-state index is 0.303. The molecule has 0 saturated carbocycles. The number of likely N-dealkylation sites (tertiary alicyclic amines) is 1. The van der Waals surface area contributed by atoms with Crippen LogP contribution >= 0.6 is 0 Å². The second-order valence-corrected chi connectivity index (χ2v) is 4.90. The Morgan fingerprint density at radius 2 is 2.28 bits per heavy atom. The topological polar surface area (TPSA) is 32.7 Å². The van der Waals surface area contributed by atoms with Crippen LogP contribution in [0.25, 0.3) is 0 Å². The van der Waals surface area contributed by atoms with Crippen molar-refractivity contribution in [2.24, 2.45) is 0 Å². The van der Waals surface area contributed by atoms with Gasteiger partial charge in [-0.05, 0) is 56.5 Å². The Kier molecular flexibility index (Phi) is 5.02. The van der Waals surface area contributed by atoms with Gasteiger partial charge in [0.25, 0.3) is 0 Å². The highest BCUT2D eigenvalue weighted by Gasteiger charge is 2.25. The molecule has 1 heterocycles. The van der Waals surface area contributed by atoms with Crippen LogP contribution in [0.5, 0.6) is 5.75 Å². The van der Waals surface area contributed by atoms with Crippen molar-refractivity contribution in [1.82, 2.24) is 4.90 Å². The summed E-state index contributed by atoms with van der Waals surface area (Å²) in [5.74, 6) is 0.940. The molecule has 1 aliphatic rings. The molecule has 1 saturated heterocycles. The van der Waals surface area contributed by atoms with Crippen LogP contribution in [0.1, 0.15) is 37.3 Å². The van der Waals surface area contributed by atoms with Gasteiger partial charge in [0.05, 0.1) is 7.11 Å². The zero-order valence-electron chi connectivity index (χ0n) is 11.1. The quantitative estimate of drug-likeness (QED) is 0.787. The lowest BCUT2D eigenvalue weighted by atomic mass is 10.0. The average Bonchev–Trinajstić information content (AvgIpc) is 2.87. The summed E-state index contributed by atoms with van der Waals surface area (Å²) in [7, 11) is 1.72. The smallest absolute Gasteiger partial charge is 0.119 e. The van der Waals surface area contributed by atoms with E-state index in [0.29, 0.717) is 12.6 Å². The molecule has 18 heavy (non-hydrogen) atoms. The van der Waals surface area contributed by atoms with Crippen molar-refractivity contribution >= 4 is 0 Å². The molecule has 1 aromatic carbocycles. The third kappa shape index (κ3) is 3.24. The number of unbranched alkanes of at least 4 members (excludes halogenated alkanes) is 1. The first-order valence-electron chi connectivity index (χ1n) is 6.84. The van der Waals surface area contributed by atoms with Crippen LogP contribution in [0.2, 0.25) is 0 Å². The van der Waals surface area contributed by atoms with Crippen LogP contribution in [0.15, 0.2) is 24.3 Å². The molecule has 0 aliphatic carbocycles. The van der Waals surface area contributed by atoms with Crippen LogP contribution in [-0.4, -0.2) is 36.8 Å². The Morgan fingerprint density at radius 3 is 3.06 bits per heavy atom. The summed E-state index contributed by atoms with van der Waals surface area (Å²) in [6.45, 7) is 2.56. The monoisotopic (exact) mass is 249 g/mol. The lowest BCUT2D eigenvalue weighted by Gasteiger charge is -2.25. The van der Waals surface area contributed by atoms with E-state index in [1.54, 1.807) is 7.11 Å². The van der Waals surface area contributed by atoms with E-state index in [0.717, 1.165) is 25.1 Å². The second-order valence-electron chi connectivity index (χ2n) is 4.90. The SMILES string of the molecule is COc1cccc(C2CCCN2CCCCO)c1. The number of rotatable bonds is 6. The highest BCUT2D eigenvalue weighted by atomic mass is 16.5. The molecular formula is C15H23NO2. The van der Waals surface area contributed by atoms with E-state index in [-0.39, 0.29) is 0 Å². The van der Waals surface area contributed by atoms with E-state index >= 15 is 0 Å². The molecule has 1 fully saturated rings. The summed E-state index contributed by atoms with van der Waals surface area (Å²) in [4.78, 5) is 2.53.